The molecule has 0 saturated heterocycles. The molecule has 0 radical (unpaired) electrons. The van der Waals surface area contributed by atoms with Gasteiger partial charge in [0.25, 0.3) is 5.91 Å². The van der Waals surface area contributed by atoms with Gasteiger partial charge in [-0.05, 0) is 24.6 Å². The fourth-order valence-corrected chi connectivity index (χ4v) is 1.88. The molecular formula is C14H17N3O2. The number of benzene rings is 1. The molecule has 1 aromatic heterocycles. The number of aromatic amines is 1. The number of ether oxygens (including phenoxy) is 1. The molecule has 1 N–H and O–H groups in total. The van der Waals surface area contributed by atoms with Crippen molar-refractivity contribution < 1.29 is 9.53 Å². The molecule has 1 heterocycles. The lowest BCUT2D eigenvalue weighted by Crippen LogP contribution is -2.26. The second-order valence-electron chi connectivity index (χ2n) is 4.45. The van der Waals surface area contributed by atoms with Gasteiger partial charge in [-0.1, -0.05) is 6.07 Å². The third-order valence-electron chi connectivity index (χ3n) is 2.98. The van der Waals surface area contributed by atoms with E-state index < -0.39 is 0 Å². The van der Waals surface area contributed by atoms with Crippen molar-refractivity contribution in [1.29, 1.82) is 0 Å². The summed E-state index contributed by atoms with van der Waals surface area (Å²) in [6.45, 7) is 2.47. The van der Waals surface area contributed by atoms with Gasteiger partial charge in [-0.3, -0.25) is 9.89 Å². The Morgan fingerprint density at radius 2 is 2.26 bits per heavy atom. The average Bonchev–Trinajstić information content (AvgIpc) is 2.91. The third kappa shape index (κ3) is 2.93. The van der Waals surface area contributed by atoms with Crippen LogP contribution in [0.5, 0.6) is 5.75 Å². The average molecular weight is 259 g/mol. The van der Waals surface area contributed by atoms with Crippen LogP contribution in [0, 0.1) is 6.92 Å². The molecule has 0 aliphatic heterocycles. The molecule has 0 unspecified atom stereocenters. The van der Waals surface area contributed by atoms with Crippen LogP contribution in [-0.2, 0) is 6.54 Å². The number of aromatic nitrogens is 2. The van der Waals surface area contributed by atoms with E-state index in [9.17, 15) is 4.79 Å². The molecule has 100 valence electrons. The van der Waals surface area contributed by atoms with Gasteiger partial charge in [0.1, 0.15) is 5.75 Å². The number of hydrogen-bond donors (Lipinski definition) is 1. The van der Waals surface area contributed by atoms with Crippen molar-refractivity contribution in [1.82, 2.24) is 15.1 Å². The summed E-state index contributed by atoms with van der Waals surface area (Å²) in [5.74, 6) is 0.682. The highest BCUT2D eigenvalue weighted by Gasteiger charge is 2.14. The van der Waals surface area contributed by atoms with Gasteiger partial charge in [-0.2, -0.15) is 5.10 Å². The van der Waals surface area contributed by atoms with E-state index in [0.717, 1.165) is 16.9 Å². The number of amides is 1. The molecule has 0 aliphatic rings. The number of methoxy groups -OCH3 is 1. The largest absolute Gasteiger partial charge is 0.496 e. The summed E-state index contributed by atoms with van der Waals surface area (Å²) in [6, 6.07) is 5.47. The molecule has 0 bridgehead atoms. The first-order valence-corrected chi connectivity index (χ1v) is 5.99. The molecule has 1 aromatic carbocycles. The zero-order chi connectivity index (χ0) is 13.8. The van der Waals surface area contributed by atoms with Crippen LogP contribution in [0.3, 0.4) is 0 Å². The molecule has 0 spiro atoms. The first kappa shape index (κ1) is 13.1. The minimum Gasteiger partial charge on any atom is -0.496 e. The number of H-pyrrole nitrogens is 1. The highest BCUT2D eigenvalue weighted by atomic mass is 16.5. The fourth-order valence-electron chi connectivity index (χ4n) is 1.88. The van der Waals surface area contributed by atoms with Crippen molar-refractivity contribution in [3.8, 4) is 5.75 Å². The standard InChI is InChI=1S/C14H17N3O2/c1-10-4-5-12(6-13(10)19-3)14(18)17(2)9-11-7-15-16-8-11/h4-8H,9H2,1-3H3,(H,15,16). The van der Waals surface area contributed by atoms with Crippen LogP contribution in [0.4, 0.5) is 0 Å². The van der Waals surface area contributed by atoms with E-state index in [2.05, 4.69) is 10.2 Å². The van der Waals surface area contributed by atoms with E-state index in [1.165, 1.54) is 0 Å². The Labute approximate surface area is 112 Å². The maximum Gasteiger partial charge on any atom is 0.254 e. The Balaban J connectivity index is 2.14. The maximum atomic E-state index is 12.3. The predicted octanol–water partition coefficient (Wildman–Crippen LogP) is 2.00. The number of nitrogens with zero attached hydrogens (tertiary/aromatic N) is 2. The lowest BCUT2D eigenvalue weighted by molar-refractivity contribution is 0.0785. The first-order chi connectivity index (χ1) is 9.11. The normalized spacial score (nSPS) is 10.3. The Hall–Kier alpha value is -2.30. The van der Waals surface area contributed by atoms with Crippen LogP contribution < -0.4 is 4.74 Å². The molecule has 19 heavy (non-hydrogen) atoms. The molecule has 0 saturated carbocycles. The summed E-state index contributed by atoms with van der Waals surface area (Å²) in [7, 11) is 3.37. The predicted molar refractivity (Wildman–Crippen MR) is 72.1 cm³/mol. The lowest BCUT2D eigenvalue weighted by Gasteiger charge is -2.17. The molecule has 2 aromatic rings. The second-order valence-corrected chi connectivity index (χ2v) is 4.45. The number of carbonyl (C=O) groups is 1. The van der Waals surface area contributed by atoms with Gasteiger partial charge in [0.05, 0.1) is 13.3 Å². The minimum absolute atomic E-state index is 0.0421. The van der Waals surface area contributed by atoms with E-state index in [1.807, 2.05) is 19.1 Å². The molecule has 1 amide bonds. The smallest absolute Gasteiger partial charge is 0.254 e. The van der Waals surface area contributed by atoms with Crippen molar-refractivity contribution >= 4 is 5.91 Å². The van der Waals surface area contributed by atoms with Crippen molar-refractivity contribution in [3.63, 3.8) is 0 Å². The molecule has 5 heteroatoms. The van der Waals surface area contributed by atoms with Crippen LogP contribution in [0.25, 0.3) is 0 Å². The number of hydrogen-bond acceptors (Lipinski definition) is 3. The third-order valence-corrected chi connectivity index (χ3v) is 2.98. The van der Waals surface area contributed by atoms with E-state index in [4.69, 9.17) is 4.74 Å². The Morgan fingerprint density at radius 1 is 1.47 bits per heavy atom. The van der Waals surface area contributed by atoms with Crippen LogP contribution in [0.15, 0.2) is 30.6 Å². The Morgan fingerprint density at radius 3 is 2.89 bits per heavy atom. The summed E-state index contributed by atoms with van der Waals surface area (Å²) < 4.78 is 5.24. The Bertz CT molecular complexity index is 564. The minimum atomic E-state index is -0.0421. The first-order valence-electron chi connectivity index (χ1n) is 5.99. The van der Waals surface area contributed by atoms with Crippen molar-refractivity contribution in [2.75, 3.05) is 14.2 Å². The molecular weight excluding hydrogens is 242 g/mol. The van der Waals surface area contributed by atoms with Crippen molar-refractivity contribution in [2.45, 2.75) is 13.5 Å². The topological polar surface area (TPSA) is 58.2 Å². The second kappa shape index (κ2) is 5.56. The summed E-state index contributed by atoms with van der Waals surface area (Å²) in [4.78, 5) is 13.9. The van der Waals surface area contributed by atoms with Gasteiger partial charge in [0.2, 0.25) is 0 Å². The number of carbonyl (C=O) groups excluding carboxylic acids is 1. The van der Waals surface area contributed by atoms with Gasteiger partial charge in [0, 0.05) is 30.9 Å². The lowest BCUT2D eigenvalue weighted by atomic mass is 10.1. The number of aryl methyl sites for hydroxylation is 1. The molecule has 5 nitrogen and oxygen atoms in total. The van der Waals surface area contributed by atoms with E-state index >= 15 is 0 Å². The van der Waals surface area contributed by atoms with Gasteiger partial charge < -0.3 is 9.64 Å². The monoisotopic (exact) mass is 259 g/mol. The summed E-state index contributed by atoms with van der Waals surface area (Å²) in [5, 5.41) is 6.59. The zero-order valence-corrected chi connectivity index (χ0v) is 11.3. The Kier molecular flexibility index (Phi) is 3.85. The fraction of sp³-hybridized carbons (Fsp3) is 0.286. The van der Waals surface area contributed by atoms with Crippen LogP contribution in [0.1, 0.15) is 21.5 Å². The highest BCUT2D eigenvalue weighted by molar-refractivity contribution is 5.94. The van der Waals surface area contributed by atoms with Gasteiger partial charge in [-0.25, -0.2) is 0 Å². The summed E-state index contributed by atoms with van der Waals surface area (Å²) in [6.07, 6.45) is 3.49. The molecule has 2 rings (SSSR count). The molecule has 0 fully saturated rings. The van der Waals surface area contributed by atoms with Crippen LogP contribution >= 0.6 is 0 Å². The van der Waals surface area contributed by atoms with Gasteiger partial charge in [-0.15, -0.1) is 0 Å². The van der Waals surface area contributed by atoms with Crippen LogP contribution in [-0.4, -0.2) is 35.2 Å². The quantitative estimate of drug-likeness (QED) is 0.913. The summed E-state index contributed by atoms with van der Waals surface area (Å²) in [5.41, 5.74) is 2.60. The van der Waals surface area contributed by atoms with Crippen molar-refractivity contribution in [3.05, 3.63) is 47.3 Å². The zero-order valence-electron chi connectivity index (χ0n) is 11.3. The molecule has 0 aliphatic carbocycles. The van der Waals surface area contributed by atoms with Crippen LogP contribution in [0.2, 0.25) is 0 Å². The highest BCUT2D eigenvalue weighted by Crippen LogP contribution is 2.20. The van der Waals surface area contributed by atoms with Crippen molar-refractivity contribution in [2.24, 2.45) is 0 Å². The maximum absolute atomic E-state index is 12.3. The van der Waals surface area contributed by atoms with E-state index in [0.29, 0.717) is 12.1 Å². The van der Waals surface area contributed by atoms with Gasteiger partial charge in [0.15, 0.2) is 0 Å². The number of nitrogens with one attached hydrogen (secondary N) is 1. The molecule has 0 atom stereocenters. The van der Waals surface area contributed by atoms with E-state index in [-0.39, 0.29) is 5.91 Å². The SMILES string of the molecule is COc1cc(C(=O)N(C)Cc2cn[nH]c2)ccc1C. The van der Waals surface area contributed by atoms with Gasteiger partial charge >= 0.3 is 0 Å². The van der Waals surface area contributed by atoms with E-state index in [1.54, 1.807) is 37.5 Å². The summed E-state index contributed by atoms with van der Waals surface area (Å²) >= 11 is 0. The number of rotatable bonds is 4.